The Kier molecular flexibility index (Phi) is 5.55. The zero-order chi connectivity index (χ0) is 12.7. The first kappa shape index (κ1) is 13.9. The minimum Gasteiger partial charge on any atom is -0.478 e. The molecule has 0 spiro atoms. The molecule has 0 aliphatic rings. The third-order valence-corrected chi connectivity index (χ3v) is 1.53. The van der Waals surface area contributed by atoms with Crippen LogP contribution in [0.1, 0.15) is 13.3 Å². The summed E-state index contributed by atoms with van der Waals surface area (Å²) in [5, 5.41) is 17.0. The third-order valence-electron chi connectivity index (χ3n) is 1.53. The zero-order valence-electron chi connectivity index (χ0n) is 8.73. The maximum Gasteiger partial charge on any atom is 0.333 e. The number of carboxylic acid groups (broad SMARTS) is 2. The molecule has 16 heavy (non-hydrogen) atoms. The van der Waals surface area contributed by atoms with E-state index < -0.39 is 17.9 Å². The van der Waals surface area contributed by atoms with Gasteiger partial charge in [-0.2, -0.15) is 0 Å². The Balaban J connectivity index is 4.26. The summed E-state index contributed by atoms with van der Waals surface area (Å²) in [6.07, 6.45) is 0.400. The van der Waals surface area contributed by atoms with E-state index in [1.165, 1.54) is 6.92 Å². The van der Waals surface area contributed by atoms with E-state index in [2.05, 4.69) is 11.3 Å². The summed E-state index contributed by atoms with van der Waals surface area (Å²) in [6, 6.07) is 0. The molecule has 0 atom stereocenters. The summed E-state index contributed by atoms with van der Waals surface area (Å²) < 4.78 is 4.63. The Labute approximate surface area is 91.8 Å². The highest BCUT2D eigenvalue weighted by Gasteiger charge is 2.11. The Hall–Kier alpha value is -2.11. The van der Waals surface area contributed by atoms with Crippen molar-refractivity contribution in [3.05, 3.63) is 23.8 Å². The number of esters is 1. The number of aliphatic carboxylic acids is 2. The maximum absolute atomic E-state index is 10.9. The van der Waals surface area contributed by atoms with Crippen LogP contribution in [-0.4, -0.2) is 34.7 Å². The molecule has 0 aliphatic heterocycles. The SMILES string of the molecule is C=C(C)C(=O)OCCC(=CC(=O)O)C(=O)O. The molecular weight excluding hydrogens is 216 g/mol. The lowest BCUT2D eigenvalue weighted by Crippen LogP contribution is -2.11. The Morgan fingerprint density at radius 2 is 1.88 bits per heavy atom. The molecule has 0 amide bonds. The average molecular weight is 228 g/mol. The second kappa shape index (κ2) is 6.39. The monoisotopic (exact) mass is 228 g/mol. The van der Waals surface area contributed by atoms with Gasteiger partial charge in [0.05, 0.1) is 6.61 Å². The normalized spacial score (nSPS) is 10.7. The topological polar surface area (TPSA) is 101 Å². The fourth-order valence-electron chi connectivity index (χ4n) is 0.767. The van der Waals surface area contributed by atoms with Gasteiger partial charge in [-0.25, -0.2) is 14.4 Å². The Morgan fingerprint density at radius 3 is 2.25 bits per heavy atom. The van der Waals surface area contributed by atoms with Crippen molar-refractivity contribution >= 4 is 17.9 Å². The van der Waals surface area contributed by atoms with Gasteiger partial charge in [0.25, 0.3) is 0 Å². The first-order chi connectivity index (χ1) is 7.34. The quantitative estimate of drug-likeness (QED) is 0.509. The van der Waals surface area contributed by atoms with Crippen molar-refractivity contribution in [2.45, 2.75) is 13.3 Å². The highest BCUT2D eigenvalue weighted by atomic mass is 16.5. The van der Waals surface area contributed by atoms with E-state index in [9.17, 15) is 14.4 Å². The van der Waals surface area contributed by atoms with Crippen molar-refractivity contribution in [2.75, 3.05) is 6.61 Å². The van der Waals surface area contributed by atoms with Crippen LogP contribution >= 0.6 is 0 Å². The van der Waals surface area contributed by atoms with Gasteiger partial charge in [0.15, 0.2) is 0 Å². The van der Waals surface area contributed by atoms with Gasteiger partial charge in [-0.1, -0.05) is 6.58 Å². The van der Waals surface area contributed by atoms with Crippen molar-refractivity contribution in [1.29, 1.82) is 0 Å². The van der Waals surface area contributed by atoms with Crippen LogP contribution in [-0.2, 0) is 19.1 Å². The predicted octanol–water partition coefficient (Wildman–Crippen LogP) is 0.591. The van der Waals surface area contributed by atoms with Gasteiger partial charge in [-0.05, 0) is 6.92 Å². The molecule has 0 aromatic carbocycles. The number of carbonyl (C=O) groups excluding carboxylic acids is 1. The molecular formula is C10H12O6. The smallest absolute Gasteiger partial charge is 0.333 e. The van der Waals surface area contributed by atoms with E-state index in [-0.39, 0.29) is 24.2 Å². The Bertz CT molecular complexity index is 352. The molecule has 0 unspecified atom stereocenters. The molecule has 2 N–H and O–H groups in total. The van der Waals surface area contributed by atoms with Crippen LogP contribution in [0.4, 0.5) is 0 Å². The van der Waals surface area contributed by atoms with E-state index in [0.29, 0.717) is 6.08 Å². The van der Waals surface area contributed by atoms with Crippen LogP contribution in [0.2, 0.25) is 0 Å². The van der Waals surface area contributed by atoms with Crippen LogP contribution in [0.25, 0.3) is 0 Å². The van der Waals surface area contributed by atoms with Gasteiger partial charge < -0.3 is 14.9 Å². The summed E-state index contributed by atoms with van der Waals surface area (Å²) in [7, 11) is 0. The van der Waals surface area contributed by atoms with Crippen molar-refractivity contribution in [3.8, 4) is 0 Å². The highest BCUT2D eigenvalue weighted by Crippen LogP contribution is 2.03. The summed E-state index contributed by atoms with van der Waals surface area (Å²) in [5.74, 6) is -3.35. The number of ether oxygens (including phenoxy) is 1. The standard InChI is InChI=1S/C10H12O6/c1-6(2)10(15)16-4-3-7(9(13)14)5-8(11)12/h5H,1,3-4H2,2H3,(H,11,12)(H,13,14). The number of carbonyl (C=O) groups is 3. The summed E-state index contributed by atoms with van der Waals surface area (Å²) in [5.41, 5.74) is -0.138. The van der Waals surface area contributed by atoms with Gasteiger partial charge >= 0.3 is 17.9 Å². The second-order valence-corrected chi connectivity index (χ2v) is 2.98. The van der Waals surface area contributed by atoms with Gasteiger partial charge in [0.2, 0.25) is 0 Å². The largest absolute Gasteiger partial charge is 0.478 e. The molecule has 0 bridgehead atoms. The zero-order valence-corrected chi connectivity index (χ0v) is 8.73. The number of rotatable bonds is 6. The lowest BCUT2D eigenvalue weighted by atomic mass is 10.2. The molecule has 0 aromatic rings. The van der Waals surface area contributed by atoms with Crippen LogP contribution in [0.5, 0.6) is 0 Å². The van der Waals surface area contributed by atoms with E-state index in [1.54, 1.807) is 0 Å². The van der Waals surface area contributed by atoms with Crippen LogP contribution < -0.4 is 0 Å². The molecule has 6 heteroatoms. The first-order valence-electron chi connectivity index (χ1n) is 4.34. The molecule has 0 rings (SSSR count). The van der Waals surface area contributed by atoms with Crippen LogP contribution in [0, 0.1) is 0 Å². The lowest BCUT2D eigenvalue weighted by Gasteiger charge is -2.04. The molecule has 88 valence electrons. The molecule has 0 fully saturated rings. The van der Waals surface area contributed by atoms with Gasteiger partial charge in [0, 0.05) is 23.6 Å². The molecule has 0 saturated heterocycles. The fourth-order valence-corrected chi connectivity index (χ4v) is 0.767. The molecule has 0 aliphatic carbocycles. The summed E-state index contributed by atoms with van der Waals surface area (Å²) >= 11 is 0. The highest BCUT2D eigenvalue weighted by molar-refractivity contribution is 5.94. The lowest BCUT2D eigenvalue weighted by molar-refractivity contribution is -0.140. The molecule has 6 nitrogen and oxygen atoms in total. The fraction of sp³-hybridized carbons (Fsp3) is 0.300. The van der Waals surface area contributed by atoms with E-state index in [4.69, 9.17) is 10.2 Å². The Morgan fingerprint density at radius 1 is 1.31 bits per heavy atom. The van der Waals surface area contributed by atoms with Gasteiger partial charge in [0.1, 0.15) is 0 Å². The molecule has 0 heterocycles. The number of hydrogen-bond acceptors (Lipinski definition) is 4. The second-order valence-electron chi connectivity index (χ2n) is 2.98. The van der Waals surface area contributed by atoms with Crippen molar-refractivity contribution < 1.29 is 29.3 Å². The van der Waals surface area contributed by atoms with Gasteiger partial charge in [-0.15, -0.1) is 0 Å². The predicted molar refractivity (Wildman–Crippen MR) is 53.7 cm³/mol. The third kappa shape index (κ3) is 5.58. The summed E-state index contributed by atoms with van der Waals surface area (Å²) in [6.45, 7) is 4.59. The van der Waals surface area contributed by atoms with Crippen LogP contribution in [0.3, 0.4) is 0 Å². The minimum absolute atomic E-state index is 0.166. The molecule has 0 aromatic heterocycles. The van der Waals surface area contributed by atoms with E-state index >= 15 is 0 Å². The van der Waals surface area contributed by atoms with E-state index in [1.807, 2.05) is 0 Å². The molecule has 0 saturated carbocycles. The number of hydrogen-bond donors (Lipinski definition) is 2. The van der Waals surface area contributed by atoms with Crippen molar-refractivity contribution in [1.82, 2.24) is 0 Å². The van der Waals surface area contributed by atoms with Crippen molar-refractivity contribution in [2.24, 2.45) is 0 Å². The van der Waals surface area contributed by atoms with E-state index in [0.717, 1.165) is 0 Å². The average Bonchev–Trinajstić information content (AvgIpc) is 2.14. The number of carboxylic acids is 2. The first-order valence-corrected chi connectivity index (χ1v) is 4.34. The van der Waals surface area contributed by atoms with Gasteiger partial charge in [-0.3, -0.25) is 0 Å². The minimum atomic E-state index is -1.36. The maximum atomic E-state index is 10.9. The summed E-state index contributed by atoms with van der Waals surface area (Å²) in [4.78, 5) is 31.7. The molecule has 0 radical (unpaired) electrons. The van der Waals surface area contributed by atoms with Crippen LogP contribution in [0.15, 0.2) is 23.8 Å². The van der Waals surface area contributed by atoms with Crippen molar-refractivity contribution in [3.63, 3.8) is 0 Å².